The molecule has 1 aromatic heterocycles. The molecule has 1 heterocycles. The van der Waals surface area contributed by atoms with Crippen LogP contribution in [0, 0.1) is 35.5 Å². The van der Waals surface area contributed by atoms with Crippen LogP contribution in [0.3, 0.4) is 0 Å². The maximum atomic E-state index is 13.0. The van der Waals surface area contributed by atoms with Crippen molar-refractivity contribution in [2.24, 2.45) is 5.92 Å². The quantitative estimate of drug-likeness (QED) is 0.103. The zero-order chi connectivity index (χ0) is 28.8. The lowest BCUT2D eigenvalue weighted by molar-refractivity contribution is -0.143. The summed E-state index contributed by atoms with van der Waals surface area (Å²) in [6.45, 7) is 9.49. The smallest absolute Gasteiger partial charge is 0.307 e. The van der Waals surface area contributed by atoms with Crippen LogP contribution in [0.1, 0.15) is 75.3 Å². The van der Waals surface area contributed by atoms with E-state index in [0.717, 1.165) is 44.5 Å². The number of hydrogen-bond acceptors (Lipinski definition) is 8. The molecule has 0 aliphatic heterocycles. The number of allylic oxidation sites excluding steroid dienone is 2. The van der Waals surface area contributed by atoms with E-state index >= 15 is 0 Å². The van der Waals surface area contributed by atoms with Crippen LogP contribution in [-0.2, 0) is 9.59 Å². The second kappa shape index (κ2) is 16.1. The molecule has 2 rings (SSSR count). The van der Waals surface area contributed by atoms with Gasteiger partial charge in [-0.3, -0.25) is 20.4 Å². The van der Waals surface area contributed by atoms with Crippen molar-refractivity contribution in [1.29, 1.82) is 10.5 Å². The number of nitrogens with zero attached hydrogens (tertiary/aromatic N) is 3. The van der Waals surface area contributed by atoms with Crippen LogP contribution in [0.4, 0.5) is 22.1 Å². The van der Waals surface area contributed by atoms with Gasteiger partial charge < -0.3 is 15.3 Å². The van der Waals surface area contributed by atoms with E-state index < -0.39 is 17.8 Å². The maximum absolute atomic E-state index is 13.0. The third-order valence-electron chi connectivity index (χ3n) is 6.42. The van der Waals surface area contributed by atoms with Gasteiger partial charge >= 0.3 is 5.97 Å². The number of carbonyl (C=O) groups is 2. The number of nitrogens with one attached hydrogen (secondary N) is 3. The highest BCUT2D eigenvalue weighted by Crippen LogP contribution is 2.33. The highest BCUT2D eigenvalue weighted by atomic mass is 32.1. The fraction of sp³-hybridized carbons (Fsp3) is 0.448. The summed E-state index contributed by atoms with van der Waals surface area (Å²) in [6, 6.07) is 9.78. The summed E-state index contributed by atoms with van der Waals surface area (Å²) in [7, 11) is 0. The van der Waals surface area contributed by atoms with Gasteiger partial charge in [0.25, 0.3) is 0 Å². The van der Waals surface area contributed by atoms with E-state index in [1.165, 1.54) is 11.3 Å². The number of carbonyl (C=O) groups excluding carboxylic acids is 1. The molecule has 0 fully saturated rings. The number of carboxylic acids is 1. The Morgan fingerprint density at radius 1 is 1.08 bits per heavy atom. The Morgan fingerprint density at radius 3 is 2.44 bits per heavy atom. The van der Waals surface area contributed by atoms with Crippen molar-refractivity contribution >= 4 is 45.3 Å². The zero-order valence-electron chi connectivity index (χ0n) is 23.1. The van der Waals surface area contributed by atoms with Gasteiger partial charge in [-0.05, 0) is 63.8 Å². The molecule has 9 nitrogen and oxygen atoms in total. The largest absolute Gasteiger partial charge is 0.481 e. The van der Waals surface area contributed by atoms with E-state index in [4.69, 9.17) is 0 Å². The molecule has 1 unspecified atom stereocenters. The van der Waals surface area contributed by atoms with Crippen molar-refractivity contribution in [1.82, 2.24) is 0 Å². The summed E-state index contributed by atoms with van der Waals surface area (Å²) in [4.78, 5) is 27.4. The number of hydrogen-bond donors (Lipinski definition) is 4. The van der Waals surface area contributed by atoms with Crippen LogP contribution in [-0.4, -0.2) is 30.1 Å². The minimum Gasteiger partial charge on any atom is -0.481 e. The van der Waals surface area contributed by atoms with Crippen molar-refractivity contribution in [3.63, 3.8) is 0 Å². The molecular formula is C29H38N6O3S. The Morgan fingerprint density at radius 2 is 1.82 bits per heavy atom. The number of nitriles is 2. The first-order valence-electron chi connectivity index (χ1n) is 13.3. The van der Waals surface area contributed by atoms with E-state index in [1.54, 1.807) is 6.92 Å². The van der Waals surface area contributed by atoms with Gasteiger partial charge in [-0.1, -0.05) is 31.9 Å². The van der Waals surface area contributed by atoms with Gasteiger partial charge in [-0.2, -0.15) is 10.5 Å². The van der Waals surface area contributed by atoms with Crippen molar-refractivity contribution < 1.29 is 14.7 Å². The molecule has 10 heteroatoms. The topological polar surface area (TPSA) is 141 Å². The lowest BCUT2D eigenvalue weighted by Crippen LogP contribution is -2.24. The van der Waals surface area contributed by atoms with Crippen LogP contribution in [0.25, 0.3) is 0 Å². The number of amides is 1. The second-order valence-corrected chi connectivity index (χ2v) is 10.1. The van der Waals surface area contributed by atoms with E-state index in [2.05, 4.69) is 40.1 Å². The standard InChI is InChI=1S/C29H38N6O3S/c1-5-8-9-10-11-12-13-21(29(37)38)16-27(36)32-25-17-22(35(6-2)7-3)14-15-24(25)33-34-28-23(18-30)20(4)26(19-31)39-28/h11-12,14-15,17,21,33-34H,5-10,13,16H2,1-4H3,(H,32,36)(H,37,38)/b12-11+. The molecule has 4 N–H and O–H groups in total. The summed E-state index contributed by atoms with van der Waals surface area (Å²) < 4.78 is 0. The first kappa shape index (κ1) is 31.2. The summed E-state index contributed by atoms with van der Waals surface area (Å²) in [6.07, 6.45) is 8.20. The maximum Gasteiger partial charge on any atom is 0.307 e. The average Bonchev–Trinajstić information content (AvgIpc) is 3.24. The lowest BCUT2D eigenvalue weighted by Gasteiger charge is -2.23. The first-order chi connectivity index (χ1) is 18.8. The molecule has 0 aliphatic carbocycles. The third kappa shape index (κ3) is 9.05. The molecular weight excluding hydrogens is 512 g/mol. The molecule has 1 atom stereocenters. The Kier molecular flexibility index (Phi) is 12.8. The van der Waals surface area contributed by atoms with Crippen LogP contribution in [0.2, 0.25) is 0 Å². The second-order valence-electron chi connectivity index (χ2n) is 9.13. The predicted octanol–water partition coefficient (Wildman–Crippen LogP) is 6.64. The number of rotatable bonds is 16. The molecule has 0 saturated heterocycles. The van der Waals surface area contributed by atoms with Crippen LogP contribution < -0.4 is 21.1 Å². The third-order valence-corrected chi connectivity index (χ3v) is 7.53. The molecule has 0 saturated carbocycles. The number of anilines is 4. The van der Waals surface area contributed by atoms with Crippen LogP contribution >= 0.6 is 11.3 Å². The number of unbranched alkanes of at least 4 members (excludes halogenated alkanes) is 3. The number of hydrazine groups is 1. The van der Waals surface area contributed by atoms with E-state index in [9.17, 15) is 25.2 Å². The van der Waals surface area contributed by atoms with Crippen molar-refractivity contribution in [3.05, 3.63) is 46.4 Å². The molecule has 208 valence electrons. The Hall–Kier alpha value is -4.02. The summed E-state index contributed by atoms with van der Waals surface area (Å²) in [5, 5.41) is 31.9. The molecule has 2 aromatic rings. The summed E-state index contributed by atoms with van der Waals surface area (Å²) >= 11 is 1.17. The van der Waals surface area contributed by atoms with Crippen LogP contribution in [0.5, 0.6) is 0 Å². The van der Waals surface area contributed by atoms with Crippen LogP contribution in [0.15, 0.2) is 30.4 Å². The van der Waals surface area contributed by atoms with Gasteiger partial charge in [-0.15, -0.1) is 11.3 Å². The minimum atomic E-state index is -1.01. The van der Waals surface area contributed by atoms with Crippen molar-refractivity contribution in [2.75, 3.05) is 34.2 Å². The molecule has 39 heavy (non-hydrogen) atoms. The lowest BCUT2D eigenvalue weighted by atomic mass is 10.0. The average molecular weight is 551 g/mol. The molecule has 0 bridgehead atoms. The van der Waals surface area contributed by atoms with Gasteiger partial charge in [0.15, 0.2) is 0 Å². The normalized spacial score (nSPS) is 11.4. The molecule has 1 aromatic carbocycles. The van der Waals surface area contributed by atoms with E-state index in [1.807, 2.05) is 44.2 Å². The monoisotopic (exact) mass is 550 g/mol. The highest BCUT2D eigenvalue weighted by molar-refractivity contribution is 7.17. The fourth-order valence-electron chi connectivity index (χ4n) is 4.08. The number of aliphatic carboxylic acids is 1. The van der Waals surface area contributed by atoms with Gasteiger partial charge in [0.2, 0.25) is 5.91 Å². The first-order valence-corrected chi connectivity index (χ1v) is 14.1. The Balaban J connectivity index is 2.23. The van der Waals surface area contributed by atoms with E-state index in [-0.39, 0.29) is 12.8 Å². The summed E-state index contributed by atoms with van der Waals surface area (Å²) in [5.41, 5.74) is 8.96. The van der Waals surface area contributed by atoms with Crippen molar-refractivity contribution in [3.8, 4) is 12.1 Å². The Labute approximate surface area is 235 Å². The highest BCUT2D eigenvalue weighted by Gasteiger charge is 2.21. The number of thiophene rings is 1. The SMILES string of the molecule is CCCCC/C=C/CC(CC(=O)Nc1cc(N(CC)CC)ccc1NNc1sc(C#N)c(C)c1C#N)C(=O)O. The van der Waals surface area contributed by atoms with E-state index in [0.29, 0.717) is 32.4 Å². The summed E-state index contributed by atoms with van der Waals surface area (Å²) in [5.74, 6) is -2.24. The predicted molar refractivity (Wildman–Crippen MR) is 158 cm³/mol. The fourth-order valence-corrected chi connectivity index (χ4v) is 4.99. The van der Waals surface area contributed by atoms with Gasteiger partial charge in [0.1, 0.15) is 22.0 Å². The Bertz CT molecular complexity index is 1240. The molecule has 0 aliphatic rings. The number of benzene rings is 1. The van der Waals surface area contributed by atoms with Gasteiger partial charge in [0, 0.05) is 25.2 Å². The van der Waals surface area contributed by atoms with Gasteiger partial charge in [-0.25, -0.2) is 0 Å². The molecule has 0 spiro atoms. The molecule has 0 radical (unpaired) electrons. The number of carboxylic acid groups (broad SMARTS) is 1. The minimum absolute atomic E-state index is 0.161. The zero-order valence-corrected chi connectivity index (χ0v) is 24.0. The van der Waals surface area contributed by atoms with Crippen molar-refractivity contribution in [2.45, 2.75) is 66.2 Å². The van der Waals surface area contributed by atoms with Gasteiger partial charge in [0.05, 0.1) is 22.9 Å². The molecule has 1 amide bonds.